The van der Waals surface area contributed by atoms with Gasteiger partial charge in [0.15, 0.2) is 5.69 Å². The van der Waals surface area contributed by atoms with Crippen LogP contribution >= 0.6 is 23.2 Å². The average molecular weight is 607 g/mol. The van der Waals surface area contributed by atoms with Crippen LogP contribution in [0.25, 0.3) is 16.9 Å². The first-order chi connectivity index (χ1) is 20.2. The highest BCUT2D eigenvalue weighted by molar-refractivity contribution is 6.32. The fourth-order valence-electron chi connectivity index (χ4n) is 5.38. The number of hydrogen-bond acceptors (Lipinski definition) is 6. The molecule has 2 heterocycles. The van der Waals surface area contributed by atoms with Crippen molar-refractivity contribution in [1.82, 2.24) is 20.0 Å². The molecule has 3 amide bonds. The molecule has 0 atom stereocenters. The fourth-order valence-corrected chi connectivity index (χ4v) is 5.73. The molecule has 1 fully saturated rings. The van der Waals surface area contributed by atoms with Gasteiger partial charge in [0.2, 0.25) is 5.91 Å². The number of para-hydroxylation sites is 1. The molecule has 0 spiro atoms. The van der Waals surface area contributed by atoms with Crippen LogP contribution in [0.5, 0.6) is 0 Å². The largest absolute Gasteiger partial charge is 0.369 e. The maximum atomic E-state index is 14.1. The molecule has 1 aliphatic heterocycles. The molecular weight excluding hydrogens is 579 g/mol. The first kappa shape index (κ1) is 29.3. The van der Waals surface area contributed by atoms with Crippen molar-refractivity contribution >= 4 is 40.9 Å². The first-order valence-electron chi connectivity index (χ1n) is 13.1. The number of halogens is 2. The van der Waals surface area contributed by atoms with Crippen LogP contribution in [-0.4, -0.2) is 57.9 Å². The summed E-state index contributed by atoms with van der Waals surface area (Å²) in [7, 11) is 1.33. The van der Waals surface area contributed by atoms with E-state index >= 15 is 0 Å². The van der Waals surface area contributed by atoms with Crippen molar-refractivity contribution < 1.29 is 19.2 Å². The van der Waals surface area contributed by atoms with Crippen LogP contribution in [0.4, 0.5) is 0 Å². The number of piperidine rings is 1. The van der Waals surface area contributed by atoms with E-state index in [1.807, 2.05) is 30.3 Å². The SMILES string of the molecule is CON(C(=O)c1nn(-c2ccccc2Cl)c(-c2ccc(Cl)cc2)c1C(N)=O)N1CCC(C(N)=O)(c2ccccc2)CC1. The quantitative estimate of drug-likeness (QED) is 0.285. The highest BCUT2D eigenvalue weighted by atomic mass is 35.5. The molecule has 0 bridgehead atoms. The van der Waals surface area contributed by atoms with E-state index in [9.17, 15) is 14.4 Å². The molecule has 3 aromatic carbocycles. The Balaban J connectivity index is 1.56. The van der Waals surface area contributed by atoms with E-state index in [2.05, 4.69) is 5.10 Å². The smallest absolute Gasteiger partial charge is 0.314 e. The summed E-state index contributed by atoms with van der Waals surface area (Å²) in [4.78, 5) is 45.2. The van der Waals surface area contributed by atoms with E-state index in [-0.39, 0.29) is 30.0 Å². The molecular formula is C30H28Cl2N6O4. The number of rotatable bonds is 8. The Hall–Kier alpha value is -4.22. The third kappa shape index (κ3) is 5.25. The molecule has 1 aliphatic rings. The van der Waals surface area contributed by atoms with Crippen LogP contribution in [0.3, 0.4) is 0 Å². The van der Waals surface area contributed by atoms with Gasteiger partial charge in [0.1, 0.15) is 0 Å². The topological polar surface area (TPSA) is 137 Å². The lowest BCUT2D eigenvalue weighted by Gasteiger charge is -2.42. The number of carbonyl (C=O) groups is 3. The van der Waals surface area contributed by atoms with Crippen LogP contribution < -0.4 is 11.5 Å². The minimum absolute atomic E-state index is 0.114. The summed E-state index contributed by atoms with van der Waals surface area (Å²) in [5, 5.41) is 8.06. The molecule has 4 N–H and O–H groups in total. The Morgan fingerprint density at radius 1 is 0.905 bits per heavy atom. The molecule has 5 rings (SSSR count). The Bertz CT molecular complexity index is 1630. The second-order valence-corrected chi connectivity index (χ2v) is 10.7. The molecule has 0 aliphatic carbocycles. The van der Waals surface area contributed by atoms with Crippen LogP contribution in [0.2, 0.25) is 10.0 Å². The van der Waals surface area contributed by atoms with Crippen molar-refractivity contribution in [2.24, 2.45) is 11.5 Å². The number of nitrogens with zero attached hydrogens (tertiary/aromatic N) is 4. The lowest BCUT2D eigenvalue weighted by Crippen LogP contribution is -2.56. The number of benzene rings is 3. The highest BCUT2D eigenvalue weighted by Crippen LogP contribution is 2.37. The highest BCUT2D eigenvalue weighted by Gasteiger charge is 2.44. The lowest BCUT2D eigenvalue weighted by molar-refractivity contribution is -0.234. The number of hydrazine groups is 1. The fraction of sp³-hybridized carbons (Fsp3) is 0.200. The predicted molar refractivity (Wildman–Crippen MR) is 159 cm³/mol. The summed E-state index contributed by atoms with van der Waals surface area (Å²) in [6.07, 6.45) is 0.679. The third-order valence-electron chi connectivity index (χ3n) is 7.53. The summed E-state index contributed by atoms with van der Waals surface area (Å²) in [5.41, 5.74) is 12.6. The van der Waals surface area contributed by atoms with Gasteiger partial charge in [-0.05, 0) is 42.7 Å². The molecule has 1 saturated heterocycles. The zero-order valence-electron chi connectivity index (χ0n) is 22.7. The zero-order chi connectivity index (χ0) is 30.0. The standard InChI is InChI=1S/C30H28Cl2N6O4/c1-42-38(36-17-15-30(16-18-36,29(34)41)20-7-3-2-4-8-20)28(40)25-24(27(33)39)26(19-11-13-21(31)14-12-19)37(35-25)23-10-6-5-9-22(23)32/h2-14H,15-18H2,1H3,(H2,33,39)(H2,34,41). The zero-order valence-corrected chi connectivity index (χ0v) is 24.2. The van der Waals surface area contributed by atoms with Gasteiger partial charge in [-0.2, -0.15) is 10.1 Å². The van der Waals surface area contributed by atoms with Crippen molar-refractivity contribution in [3.63, 3.8) is 0 Å². The number of carbonyl (C=O) groups excluding carboxylic acids is 3. The van der Waals surface area contributed by atoms with Crippen molar-refractivity contribution in [1.29, 1.82) is 0 Å². The second-order valence-electron chi connectivity index (χ2n) is 9.83. The van der Waals surface area contributed by atoms with Gasteiger partial charge >= 0.3 is 5.91 Å². The minimum Gasteiger partial charge on any atom is -0.369 e. The van der Waals surface area contributed by atoms with Crippen LogP contribution in [-0.2, 0) is 15.0 Å². The molecule has 0 unspecified atom stereocenters. The predicted octanol–water partition coefficient (Wildman–Crippen LogP) is 4.38. The van der Waals surface area contributed by atoms with Crippen LogP contribution in [0, 0.1) is 0 Å². The molecule has 4 aromatic rings. The minimum atomic E-state index is -0.897. The van der Waals surface area contributed by atoms with Crippen molar-refractivity contribution in [3.8, 4) is 16.9 Å². The number of primary amides is 2. The number of aromatic nitrogens is 2. The van der Waals surface area contributed by atoms with Gasteiger partial charge in [-0.1, -0.05) is 77.8 Å². The van der Waals surface area contributed by atoms with Crippen LogP contribution in [0.1, 0.15) is 39.3 Å². The summed E-state index contributed by atoms with van der Waals surface area (Å²) < 4.78 is 1.41. The molecule has 10 nitrogen and oxygen atoms in total. The van der Waals surface area contributed by atoms with Gasteiger partial charge < -0.3 is 11.5 Å². The monoisotopic (exact) mass is 606 g/mol. The summed E-state index contributed by atoms with van der Waals surface area (Å²) in [5.74, 6) is -2.03. The number of hydroxylamine groups is 1. The van der Waals surface area contributed by atoms with E-state index < -0.39 is 23.1 Å². The van der Waals surface area contributed by atoms with Gasteiger partial charge in [0, 0.05) is 23.7 Å². The molecule has 216 valence electrons. The third-order valence-corrected chi connectivity index (χ3v) is 8.10. The first-order valence-corrected chi connectivity index (χ1v) is 13.9. The Morgan fingerprint density at radius 2 is 1.52 bits per heavy atom. The summed E-state index contributed by atoms with van der Waals surface area (Å²) in [6.45, 7) is 0.525. The maximum absolute atomic E-state index is 14.1. The maximum Gasteiger partial charge on any atom is 0.314 e. The van der Waals surface area contributed by atoms with Crippen LogP contribution in [0.15, 0.2) is 78.9 Å². The van der Waals surface area contributed by atoms with Crippen molar-refractivity contribution in [2.45, 2.75) is 18.3 Å². The molecule has 0 radical (unpaired) electrons. The summed E-state index contributed by atoms with van der Waals surface area (Å²) >= 11 is 12.6. The molecule has 0 saturated carbocycles. The normalized spacial score (nSPS) is 14.8. The van der Waals surface area contributed by atoms with Gasteiger partial charge in [-0.3, -0.25) is 19.2 Å². The lowest BCUT2D eigenvalue weighted by atomic mass is 9.72. The van der Waals surface area contributed by atoms with E-state index in [0.29, 0.717) is 34.1 Å². The second kappa shape index (κ2) is 11.9. The number of nitrogens with two attached hydrogens (primary N) is 2. The average Bonchev–Trinajstić information content (AvgIpc) is 3.40. The van der Waals surface area contributed by atoms with Gasteiger partial charge in [0.05, 0.1) is 34.5 Å². The van der Waals surface area contributed by atoms with E-state index in [1.54, 1.807) is 53.5 Å². The van der Waals surface area contributed by atoms with Crippen molar-refractivity contribution in [2.75, 3.05) is 20.2 Å². The van der Waals surface area contributed by atoms with Gasteiger partial charge in [-0.25, -0.2) is 4.68 Å². The van der Waals surface area contributed by atoms with Gasteiger partial charge in [0.25, 0.3) is 5.91 Å². The number of hydrogen-bond donors (Lipinski definition) is 2. The van der Waals surface area contributed by atoms with Crippen molar-refractivity contribution in [3.05, 3.63) is 106 Å². The van der Waals surface area contributed by atoms with E-state index in [4.69, 9.17) is 39.5 Å². The van der Waals surface area contributed by atoms with E-state index in [0.717, 1.165) is 10.7 Å². The van der Waals surface area contributed by atoms with Gasteiger partial charge in [-0.15, -0.1) is 5.17 Å². The summed E-state index contributed by atoms with van der Waals surface area (Å²) in [6, 6.07) is 22.9. The number of amides is 3. The Morgan fingerprint density at radius 3 is 2.10 bits per heavy atom. The molecule has 42 heavy (non-hydrogen) atoms. The molecule has 1 aromatic heterocycles. The molecule has 12 heteroatoms. The Labute approximate surface area is 252 Å². The Kier molecular flexibility index (Phi) is 8.33. The van der Waals surface area contributed by atoms with E-state index in [1.165, 1.54) is 11.8 Å².